The average molecular weight is 265 g/mol. The lowest BCUT2D eigenvalue weighted by Gasteiger charge is -2.43. The molecule has 5 nitrogen and oxygen atoms in total. The second-order valence-electron chi connectivity index (χ2n) is 6.07. The Hall–Kier alpha value is -0.910. The highest BCUT2D eigenvalue weighted by Gasteiger charge is 2.37. The van der Waals surface area contributed by atoms with Crippen LogP contribution in [-0.2, 0) is 7.05 Å². The fourth-order valence-electron chi connectivity index (χ4n) is 3.07. The highest BCUT2D eigenvalue weighted by Crippen LogP contribution is 2.31. The third-order valence-corrected chi connectivity index (χ3v) is 4.32. The van der Waals surface area contributed by atoms with Gasteiger partial charge in [0.25, 0.3) is 0 Å². The molecule has 0 aromatic carbocycles. The molecular formula is C14H27N5. The Morgan fingerprint density at radius 2 is 1.89 bits per heavy atom. The number of nitrogens with two attached hydrogens (primary N) is 1. The van der Waals surface area contributed by atoms with E-state index in [4.69, 9.17) is 5.84 Å². The maximum Gasteiger partial charge on any atom is 0.0828 e. The molecule has 3 N–H and O–H groups in total. The molecule has 1 unspecified atom stereocenters. The van der Waals surface area contributed by atoms with Gasteiger partial charge in [-0.25, -0.2) is 5.43 Å². The first-order valence-electron chi connectivity index (χ1n) is 7.26. The van der Waals surface area contributed by atoms with E-state index in [1.165, 1.54) is 25.7 Å². The Kier molecular flexibility index (Phi) is 4.60. The highest BCUT2D eigenvalue weighted by molar-refractivity contribution is 5.12. The lowest BCUT2D eigenvalue weighted by molar-refractivity contribution is 0.0816. The minimum absolute atomic E-state index is 0.0343. The minimum atomic E-state index is -0.0343. The Morgan fingerprint density at radius 3 is 2.37 bits per heavy atom. The van der Waals surface area contributed by atoms with E-state index < -0.39 is 0 Å². The summed E-state index contributed by atoms with van der Waals surface area (Å²) in [6.07, 6.45) is 7.22. The summed E-state index contributed by atoms with van der Waals surface area (Å²) < 4.78 is 1.83. The van der Waals surface area contributed by atoms with Crippen LogP contribution in [0.25, 0.3) is 0 Å². The molecule has 0 radical (unpaired) electrons. The molecule has 19 heavy (non-hydrogen) atoms. The summed E-state index contributed by atoms with van der Waals surface area (Å²) >= 11 is 0. The lowest BCUT2D eigenvalue weighted by atomic mass is 9.90. The number of nitrogens with zero attached hydrogens (tertiary/aromatic N) is 3. The van der Waals surface area contributed by atoms with Crippen LogP contribution in [0.3, 0.4) is 0 Å². The number of rotatable bonds is 4. The van der Waals surface area contributed by atoms with Crippen LogP contribution in [0.4, 0.5) is 0 Å². The maximum absolute atomic E-state index is 5.82. The molecule has 1 aromatic heterocycles. The summed E-state index contributed by atoms with van der Waals surface area (Å²) in [5, 5.41) is 4.51. The molecular weight excluding hydrogens is 238 g/mol. The first-order valence-corrected chi connectivity index (χ1v) is 7.26. The van der Waals surface area contributed by atoms with Crippen molar-refractivity contribution in [3.05, 3.63) is 18.0 Å². The van der Waals surface area contributed by atoms with Crippen molar-refractivity contribution in [3.63, 3.8) is 0 Å². The first kappa shape index (κ1) is 14.5. The number of aromatic nitrogens is 2. The quantitative estimate of drug-likeness (QED) is 0.641. The average Bonchev–Trinajstić information content (AvgIpc) is 2.65. The highest BCUT2D eigenvalue weighted by atomic mass is 15.3. The molecule has 1 aromatic rings. The summed E-state index contributed by atoms with van der Waals surface area (Å²) in [5.74, 6) is 5.82. The predicted octanol–water partition coefficient (Wildman–Crippen LogP) is 1.58. The molecule has 0 spiro atoms. The van der Waals surface area contributed by atoms with E-state index in [0.717, 1.165) is 18.8 Å². The van der Waals surface area contributed by atoms with Crippen molar-refractivity contribution in [2.45, 2.75) is 51.1 Å². The molecule has 5 heteroatoms. The SMILES string of the molecule is Cn1ccc(C(NN)C(C)(C)N2CCCCCC2)n1. The van der Waals surface area contributed by atoms with Gasteiger partial charge in [0, 0.05) is 18.8 Å². The molecule has 0 saturated carbocycles. The second-order valence-corrected chi connectivity index (χ2v) is 6.07. The van der Waals surface area contributed by atoms with Gasteiger partial charge in [0.2, 0.25) is 0 Å². The summed E-state index contributed by atoms with van der Waals surface area (Å²) in [6.45, 7) is 6.82. The maximum atomic E-state index is 5.82. The van der Waals surface area contributed by atoms with E-state index in [2.05, 4.69) is 29.3 Å². The van der Waals surface area contributed by atoms with Gasteiger partial charge in [-0.15, -0.1) is 0 Å². The molecule has 108 valence electrons. The molecule has 2 rings (SSSR count). The van der Waals surface area contributed by atoms with Gasteiger partial charge in [0.15, 0.2) is 0 Å². The van der Waals surface area contributed by atoms with Crippen LogP contribution < -0.4 is 11.3 Å². The number of aryl methyl sites for hydroxylation is 1. The molecule has 0 aliphatic carbocycles. The molecule has 1 fully saturated rings. The molecule has 1 saturated heterocycles. The summed E-state index contributed by atoms with van der Waals surface area (Å²) in [4.78, 5) is 2.55. The Morgan fingerprint density at radius 1 is 1.26 bits per heavy atom. The molecule has 2 heterocycles. The second kappa shape index (κ2) is 6.03. The van der Waals surface area contributed by atoms with Crippen LogP contribution in [0.5, 0.6) is 0 Å². The normalized spacial score (nSPS) is 20.2. The first-order chi connectivity index (χ1) is 9.05. The fraction of sp³-hybridized carbons (Fsp3) is 0.786. The van der Waals surface area contributed by atoms with E-state index in [1.807, 2.05) is 24.0 Å². The minimum Gasteiger partial charge on any atom is -0.296 e. The van der Waals surface area contributed by atoms with Crippen molar-refractivity contribution in [3.8, 4) is 0 Å². The van der Waals surface area contributed by atoms with Crippen molar-refractivity contribution in [2.24, 2.45) is 12.9 Å². The van der Waals surface area contributed by atoms with Crippen molar-refractivity contribution in [1.29, 1.82) is 0 Å². The van der Waals surface area contributed by atoms with Gasteiger partial charge in [-0.05, 0) is 45.8 Å². The topological polar surface area (TPSA) is 59.1 Å². The smallest absolute Gasteiger partial charge is 0.0828 e. The van der Waals surface area contributed by atoms with Gasteiger partial charge in [-0.1, -0.05) is 12.8 Å². The zero-order chi connectivity index (χ0) is 13.9. The third-order valence-electron chi connectivity index (χ3n) is 4.32. The monoisotopic (exact) mass is 265 g/mol. The van der Waals surface area contributed by atoms with Crippen LogP contribution in [0, 0.1) is 0 Å². The van der Waals surface area contributed by atoms with Gasteiger partial charge in [-0.2, -0.15) is 5.10 Å². The number of nitrogens with one attached hydrogen (secondary N) is 1. The van der Waals surface area contributed by atoms with Crippen LogP contribution in [-0.4, -0.2) is 33.3 Å². The van der Waals surface area contributed by atoms with Gasteiger partial charge < -0.3 is 0 Å². The molecule has 1 aliphatic heterocycles. The van der Waals surface area contributed by atoms with Gasteiger partial charge >= 0.3 is 0 Å². The van der Waals surface area contributed by atoms with Crippen molar-refractivity contribution < 1.29 is 0 Å². The van der Waals surface area contributed by atoms with E-state index in [0.29, 0.717) is 0 Å². The molecule has 1 aliphatic rings. The number of hydrogen-bond donors (Lipinski definition) is 2. The van der Waals surface area contributed by atoms with Crippen LogP contribution in [0.1, 0.15) is 51.3 Å². The molecule has 0 amide bonds. The lowest BCUT2D eigenvalue weighted by Crippen LogP contribution is -2.54. The van der Waals surface area contributed by atoms with E-state index in [-0.39, 0.29) is 11.6 Å². The zero-order valence-electron chi connectivity index (χ0n) is 12.4. The summed E-state index contributed by atoms with van der Waals surface area (Å²) in [6, 6.07) is 2.09. The predicted molar refractivity (Wildman–Crippen MR) is 77.4 cm³/mol. The molecule has 0 bridgehead atoms. The van der Waals surface area contributed by atoms with Gasteiger partial charge in [0.1, 0.15) is 0 Å². The van der Waals surface area contributed by atoms with Gasteiger partial charge in [-0.3, -0.25) is 15.4 Å². The Balaban J connectivity index is 2.19. The van der Waals surface area contributed by atoms with Crippen LogP contribution in [0.2, 0.25) is 0 Å². The summed E-state index contributed by atoms with van der Waals surface area (Å²) in [5.41, 5.74) is 3.95. The van der Waals surface area contributed by atoms with Crippen LogP contribution >= 0.6 is 0 Å². The Bertz CT molecular complexity index is 390. The van der Waals surface area contributed by atoms with Crippen molar-refractivity contribution in [1.82, 2.24) is 20.1 Å². The van der Waals surface area contributed by atoms with Crippen LogP contribution in [0.15, 0.2) is 12.3 Å². The fourth-order valence-corrected chi connectivity index (χ4v) is 3.07. The largest absolute Gasteiger partial charge is 0.296 e. The molecule has 1 atom stereocenters. The standard InChI is InChI=1S/C14H27N5/c1-14(2,19-9-6-4-5-7-10-19)13(16-15)12-8-11-18(3)17-12/h8,11,13,16H,4-7,9-10,15H2,1-3H3. The van der Waals surface area contributed by atoms with E-state index in [9.17, 15) is 0 Å². The zero-order valence-corrected chi connectivity index (χ0v) is 12.4. The van der Waals surface area contributed by atoms with E-state index in [1.54, 1.807) is 0 Å². The van der Waals surface area contributed by atoms with Gasteiger partial charge in [0.05, 0.1) is 11.7 Å². The number of likely N-dealkylation sites (tertiary alicyclic amines) is 1. The number of hydrogen-bond acceptors (Lipinski definition) is 4. The van der Waals surface area contributed by atoms with Crippen molar-refractivity contribution >= 4 is 0 Å². The summed E-state index contributed by atoms with van der Waals surface area (Å²) in [7, 11) is 1.94. The third kappa shape index (κ3) is 3.16. The van der Waals surface area contributed by atoms with E-state index >= 15 is 0 Å². The number of hydrazine groups is 1. The van der Waals surface area contributed by atoms with Crippen molar-refractivity contribution in [2.75, 3.05) is 13.1 Å². The Labute approximate surface area is 116 Å².